The number of imide groups is 1. The molecule has 0 aliphatic carbocycles. The highest BCUT2D eigenvalue weighted by Gasteiger charge is 2.40. The molecule has 2 amide bonds. The fourth-order valence-corrected chi connectivity index (χ4v) is 1.90. The summed E-state index contributed by atoms with van der Waals surface area (Å²) >= 11 is 0. The first-order chi connectivity index (χ1) is 12.2. The van der Waals surface area contributed by atoms with Crippen molar-refractivity contribution < 1.29 is 38.1 Å². The molecule has 0 bridgehead atoms. The summed E-state index contributed by atoms with van der Waals surface area (Å²) in [6.45, 7) is 8.82. The van der Waals surface area contributed by atoms with E-state index >= 15 is 0 Å². The number of aliphatic hydroxyl groups is 1. The number of methoxy groups -OCH3 is 1. The molecule has 0 saturated heterocycles. The van der Waals surface area contributed by atoms with E-state index in [0.29, 0.717) is 4.90 Å². The Morgan fingerprint density at radius 3 is 1.81 bits per heavy atom. The molecule has 0 unspecified atom stereocenters. The Morgan fingerprint density at radius 2 is 1.48 bits per heavy atom. The second kappa shape index (κ2) is 10.2. The predicted octanol–water partition coefficient (Wildman–Crippen LogP) is 3.33. The van der Waals surface area contributed by atoms with E-state index < -0.39 is 47.8 Å². The maximum Gasteiger partial charge on any atom is 0.420 e. The molecule has 0 aliphatic heterocycles. The van der Waals surface area contributed by atoms with Crippen molar-refractivity contribution in [3.63, 3.8) is 0 Å². The first-order valence-corrected chi connectivity index (χ1v) is 8.50. The minimum absolute atomic E-state index is 0.0335. The van der Waals surface area contributed by atoms with Crippen LogP contribution < -0.4 is 0 Å². The summed E-state index contributed by atoms with van der Waals surface area (Å²) in [6.07, 6.45) is -1.29. The van der Waals surface area contributed by atoms with Gasteiger partial charge in [-0.25, -0.2) is 18.8 Å². The molecule has 156 valence electrons. The van der Waals surface area contributed by atoms with Gasteiger partial charge in [0.05, 0.1) is 13.7 Å². The van der Waals surface area contributed by atoms with Crippen LogP contribution in [0.5, 0.6) is 0 Å². The number of carbonyl (C=O) groups excluding carboxylic acids is 3. The third kappa shape index (κ3) is 9.93. The van der Waals surface area contributed by atoms with Crippen LogP contribution in [0.4, 0.5) is 14.0 Å². The van der Waals surface area contributed by atoms with Crippen molar-refractivity contribution in [2.45, 2.75) is 71.6 Å². The minimum Gasteiger partial charge on any atom is -0.467 e. The molecule has 0 aromatic rings. The Kier molecular flexibility index (Phi) is 9.43. The smallest absolute Gasteiger partial charge is 0.420 e. The molecular weight excluding hydrogens is 361 g/mol. The number of allylic oxidation sites excluding steroid dienone is 1. The molecule has 1 N–H and O–H groups in total. The second-order valence-corrected chi connectivity index (χ2v) is 7.76. The van der Waals surface area contributed by atoms with Crippen molar-refractivity contribution in [3.8, 4) is 0 Å². The van der Waals surface area contributed by atoms with Crippen molar-refractivity contribution in [2.24, 2.45) is 0 Å². The molecular formula is C18H30FNO7. The van der Waals surface area contributed by atoms with Gasteiger partial charge in [0.25, 0.3) is 0 Å². The predicted molar refractivity (Wildman–Crippen MR) is 95.6 cm³/mol. The Morgan fingerprint density at radius 1 is 1.04 bits per heavy atom. The van der Waals surface area contributed by atoms with Crippen LogP contribution >= 0.6 is 0 Å². The summed E-state index contributed by atoms with van der Waals surface area (Å²) < 4.78 is 28.2. The molecule has 0 rings (SSSR count). The van der Waals surface area contributed by atoms with Crippen LogP contribution in [0.15, 0.2) is 11.9 Å². The normalized spacial score (nSPS) is 13.6. The summed E-state index contributed by atoms with van der Waals surface area (Å²) in [4.78, 5) is 37.9. The largest absolute Gasteiger partial charge is 0.467 e. The Labute approximate surface area is 159 Å². The van der Waals surface area contributed by atoms with Crippen LogP contribution in [0.25, 0.3) is 0 Å². The molecule has 8 nitrogen and oxygen atoms in total. The highest BCUT2D eigenvalue weighted by Crippen LogP contribution is 2.20. The average molecular weight is 391 g/mol. The number of halogens is 1. The monoisotopic (exact) mass is 391 g/mol. The molecule has 0 aromatic heterocycles. The molecule has 0 aliphatic rings. The average Bonchev–Trinajstić information content (AvgIpc) is 2.49. The van der Waals surface area contributed by atoms with Gasteiger partial charge in [-0.1, -0.05) is 6.08 Å². The van der Waals surface area contributed by atoms with E-state index in [1.54, 1.807) is 41.5 Å². The SMILES string of the molecule is COC(=O)[C@@H](CCC=C(F)CO)N(C(=O)OC(C)(C)C)C(=O)OC(C)(C)C. The number of aliphatic hydroxyl groups excluding tert-OH is 1. The number of carbonyl (C=O) groups is 3. The number of hydrogen-bond acceptors (Lipinski definition) is 7. The van der Waals surface area contributed by atoms with Gasteiger partial charge in [0.15, 0.2) is 0 Å². The van der Waals surface area contributed by atoms with Crippen molar-refractivity contribution >= 4 is 18.2 Å². The first kappa shape index (κ1) is 24.8. The summed E-state index contributed by atoms with van der Waals surface area (Å²) in [6, 6.07) is -1.39. The first-order valence-electron chi connectivity index (χ1n) is 8.50. The number of amides is 2. The molecule has 0 spiro atoms. The fraction of sp³-hybridized carbons (Fsp3) is 0.722. The number of hydrogen-bond donors (Lipinski definition) is 1. The van der Waals surface area contributed by atoms with E-state index in [4.69, 9.17) is 14.6 Å². The summed E-state index contributed by atoms with van der Waals surface area (Å²) in [5, 5.41) is 8.70. The third-order valence-electron chi connectivity index (χ3n) is 2.92. The lowest BCUT2D eigenvalue weighted by atomic mass is 10.1. The van der Waals surface area contributed by atoms with E-state index in [-0.39, 0.29) is 12.8 Å². The maximum absolute atomic E-state index is 13.1. The molecule has 27 heavy (non-hydrogen) atoms. The van der Waals surface area contributed by atoms with Crippen LogP contribution in [0, 0.1) is 0 Å². The summed E-state index contributed by atoms with van der Waals surface area (Å²) in [5.74, 6) is -1.68. The van der Waals surface area contributed by atoms with Crippen LogP contribution in [0.1, 0.15) is 54.4 Å². The van der Waals surface area contributed by atoms with Gasteiger partial charge in [0.2, 0.25) is 0 Å². The van der Waals surface area contributed by atoms with E-state index in [1.165, 1.54) is 0 Å². The second-order valence-electron chi connectivity index (χ2n) is 7.76. The lowest BCUT2D eigenvalue weighted by molar-refractivity contribution is -0.146. The van der Waals surface area contributed by atoms with Gasteiger partial charge < -0.3 is 19.3 Å². The Bertz CT molecular complexity index is 533. The van der Waals surface area contributed by atoms with Gasteiger partial charge in [0, 0.05) is 0 Å². The van der Waals surface area contributed by atoms with E-state index in [0.717, 1.165) is 13.2 Å². The van der Waals surface area contributed by atoms with Gasteiger partial charge in [-0.15, -0.1) is 0 Å². The molecule has 9 heteroatoms. The zero-order chi connectivity index (χ0) is 21.4. The zero-order valence-electron chi connectivity index (χ0n) is 17.0. The lowest BCUT2D eigenvalue weighted by Gasteiger charge is -2.32. The van der Waals surface area contributed by atoms with Gasteiger partial charge in [-0.2, -0.15) is 4.90 Å². The van der Waals surface area contributed by atoms with E-state index in [2.05, 4.69) is 4.74 Å². The number of rotatable bonds is 6. The third-order valence-corrected chi connectivity index (χ3v) is 2.92. The molecule has 0 heterocycles. The quantitative estimate of drug-likeness (QED) is 0.547. The van der Waals surface area contributed by atoms with Crippen LogP contribution in [0.2, 0.25) is 0 Å². The van der Waals surface area contributed by atoms with Crippen molar-refractivity contribution in [2.75, 3.05) is 13.7 Å². The van der Waals surface area contributed by atoms with Crippen LogP contribution in [-0.2, 0) is 19.0 Å². The van der Waals surface area contributed by atoms with Gasteiger partial charge in [0.1, 0.15) is 23.1 Å². The maximum atomic E-state index is 13.1. The standard InChI is InChI=1S/C18H30FNO7/c1-17(2,3)26-15(23)20(16(24)27-18(4,5)6)13(14(22)25-7)10-8-9-12(19)11-21/h9,13,21H,8,10-11H2,1-7H3/t13-/m1/s1. The van der Waals surface area contributed by atoms with Crippen molar-refractivity contribution in [3.05, 3.63) is 11.9 Å². The molecule has 0 saturated carbocycles. The highest BCUT2D eigenvalue weighted by molar-refractivity contribution is 5.94. The zero-order valence-corrected chi connectivity index (χ0v) is 17.0. The minimum atomic E-state index is -1.39. The van der Waals surface area contributed by atoms with E-state index in [9.17, 15) is 18.8 Å². The van der Waals surface area contributed by atoms with Crippen molar-refractivity contribution in [1.29, 1.82) is 0 Å². The van der Waals surface area contributed by atoms with Crippen LogP contribution in [0.3, 0.4) is 0 Å². The van der Waals surface area contributed by atoms with Gasteiger partial charge >= 0.3 is 18.2 Å². The number of nitrogens with zero attached hydrogens (tertiary/aromatic N) is 1. The number of esters is 1. The summed E-state index contributed by atoms with van der Waals surface area (Å²) in [5.41, 5.74) is -1.86. The molecule has 0 fully saturated rings. The summed E-state index contributed by atoms with van der Waals surface area (Å²) in [7, 11) is 1.10. The fourth-order valence-electron chi connectivity index (χ4n) is 1.90. The van der Waals surface area contributed by atoms with Gasteiger partial charge in [-0.05, 0) is 54.4 Å². The van der Waals surface area contributed by atoms with Crippen LogP contribution in [-0.4, -0.2) is 59.1 Å². The molecule has 0 aromatic carbocycles. The highest BCUT2D eigenvalue weighted by atomic mass is 19.1. The Hall–Kier alpha value is -2.16. The topological polar surface area (TPSA) is 102 Å². The molecule has 1 atom stereocenters. The van der Waals surface area contributed by atoms with Crippen molar-refractivity contribution in [1.82, 2.24) is 4.90 Å². The number of ether oxygens (including phenoxy) is 3. The lowest BCUT2D eigenvalue weighted by Crippen LogP contribution is -2.52. The molecule has 0 radical (unpaired) electrons. The van der Waals surface area contributed by atoms with E-state index in [1.807, 2.05) is 0 Å². The Balaban J connectivity index is 5.77. The van der Waals surface area contributed by atoms with Gasteiger partial charge in [-0.3, -0.25) is 0 Å².